The summed E-state index contributed by atoms with van der Waals surface area (Å²) in [7, 11) is 0. The number of alkyl halides is 3. The minimum Gasteiger partial charge on any atom is -0.379 e. The van der Waals surface area contributed by atoms with Gasteiger partial charge in [0.05, 0.1) is 13.2 Å². The van der Waals surface area contributed by atoms with Crippen LogP contribution < -0.4 is 4.90 Å². The van der Waals surface area contributed by atoms with E-state index in [0.717, 1.165) is 10.1 Å². The Morgan fingerprint density at radius 2 is 1.91 bits per heavy atom. The molecule has 1 saturated heterocycles. The van der Waals surface area contributed by atoms with Crippen molar-refractivity contribution < 1.29 is 17.9 Å². The van der Waals surface area contributed by atoms with E-state index in [9.17, 15) is 13.2 Å². The lowest BCUT2D eigenvalue weighted by molar-refractivity contribution is -0.146. The average Bonchev–Trinajstić information content (AvgIpc) is 2.79. The summed E-state index contributed by atoms with van der Waals surface area (Å²) in [5.74, 6) is -0.300. The van der Waals surface area contributed by atoms with Crippen LogP contribution in [-0.2, 0) is 10.9 Å². The third-order valence-corrected chi connectivity index (χ3v) is 4.06. The van der Waals surface area contributed by atoms with Gasteiger partial charge in [0.15, 0.2) is 11.5 Å². The summed E-state index contributed by atoms with van der Waals surface area (Å²) in [4.78, 5) is 1.97. The fourth-order valence-corrected chi connectivity index (χ4v) is 2.76. The standard InChI is InChI=1S/C14H18F3N5O/c1-8-6-21(4-5-23-7-8)12-10(3)9(2)11-18-19-13(14(15,16)17)22(11)20-12/h8H,4-7H2,1-3H3. The normalized spacial score (nSPS) is 20.1. The van der Waals surface area contributed by atoms with Gasteiger partial charge < -0.3 is 9.64 Å². The Hall–Kier alpha value is -1.90. The minimum absolute atomic E-state index is 0.137. The van der Waals surface area contributed by atoms with Crippen LogP contribution in [0, 0.1) is 19.8 Å². The van der Waals surface area contributed by atoms with Crippen molar-refractivity contribution >= 4 is 11.5 Å². The highest BCUT2D eigenvalue weighted by atomic mass is 19.4. The van der Waals surface area contributed by atoms with Gasteiger partial charge in [0.25, 0.3) is 5.82 Å². The first-order chi connectivity index (χ1) is 10.8. The van der Waals surface area contributed by atoms with E-state index < -0.39 is 12.0 Å². The van der Waals surface area contributed by atoms with Crippen LogP contribution in [0.1, 0.15) is 23.9 Å². The van der Waals surface area contributed by atoms with Gasteiger partial charge in [-0.2, -0.15) is 17.7 Å². The molecule has 3 heterocycles. The summed E-state index contributed by atoms with van der Waals surface area (Å²) >= 11 is 0. The SMILES string of the molecule is Cc1c(N2CCOCC(C)C2)nn2c(C(F)(F)F)nnc2c1C. The van der Waals surface area contributed by atoms with Crippen molar-refractivity contribution in [2.24, 2.45) is 5.92 Å². The van der Waals surface area contributed by atoms with Gasteiger partial charge >= 0.3 is 6.18 Å². The van der Waals surface area contributed by atoms with Crippen molar-refractivity contribution in [2.45, 2.75) is 26.9 Å². The molecule has 6 nitrogen and oxygen atoms in total. The van der Waals surface area contributed by atoms with Crippen LogP contribution in [-0.4, -0.2) is 46.1 Å². The molecular formula is C14H18F3N5O. The second-order valence-electron chi connectivity index (χ2n) is 5.96. The van der Waals surface area contributed by atoms with E-state index in [4.69, 9.17) is 4.74 Å². The molecule has 0 radical (unpaired) electrons. The topological polar surface area (TPSA) is 55.5 Å². The maximum absolute atomic E-state index is 13.1. The molecule has 0 amide bonds. The number of rotatable bonds is 1. The number of halogens is 3. The van der Waals surface area contributed by atoms with Gasteiger partial charge in [0, 0.05) is 24.2 Å². The zero-order chi connectivity index (χ0) is 16.8. The smallest absolute Gasteiger partial charge is 0.379 e. The van der Waals surface area contributed by atoms with Crippen LogP contribution in [0.4, 0.5) is 19.0 Å². The van der Waals surface area contributed by atoms with E-state index in [-0.39, 0.29) is 11.6 Å². The molecule has 2 aromatic heterocycles. The van der Waals surface area contributed by atoms with Crippen LogP contribution in [0.2, 0.25) is 0 Å². The maximum atomic E-state index is 13.1. The summed E-state index contributed by atoms with van der Waals surface area (Å²) in [6, 6.07) is 0. The highest BCUT2D eigenvalue weighted by Gasteiger charge is 2.38. The third-order valence-electron chi connectivity index (χ3n) is 4.06. The summed E-state index contributed by atoms with van der Waals surface area (Å²) < 4.78 is 45.6. The van der Waals surface area contributed by atoms with Gasteiger partial charge in [-0.15, -0.1) is 15.3 Å². The fourth-order valence-electron chi connectivity index (χ4n) is 2.76. The van der Waals surface area contributed by atoms with Crippen molar-refractivity contribution in [1.82, 2.24) is 19.8 Å². The second-order valence-corrected chi connectivity index (χ2v) is 5.96. The molecular weight excluding hydrogens is 311 g/mol. The van der Waals surface area contributed by atoms with Crippen LogP contribution in [0.5, 0.6) is 0 Å². The number of anilines is 1. The lowest BCUT2D eigenvalue weighted by atomic mass is 10.1. The van der Waals surface area contributed by atoms with E-state index >= 15 is 0 Å². The number of aromatic nitrogens is 4. The summed E-state index contributed by atoms with van der Waals surface area (Å²) in [5.41, 5.74) is 1.60. The van der Waals surface area contributed by atoms with Crippen LogP contribution >= 0.6 is 0 Å². The molecule has 1 fully saturated rings. The Morgan fingerprint density at radius 1 is 1.17 bits per heavy atom. The van der Waals surface area contributed by atoms with Crippen LogP contribution in [0.25, 0.3) is 5.65 Å². The molecule has 1 atom stereocenters. The van der Waals surface area contributed by atoms with E-state index in [0.29, 0.717) is 37.7 Å². The van der Waals surface area contributed by atoms with Gasteiger partial charge in [-0.25, -0.2) is 0 Å². The minimum atomic E-state index is -4.60. The predicted molar refractivity (Wildman–Crippen MR) is 77.5 cm³/mol. The average molecular weight is 329 g/mol. The van der Waals surface area contributed by atoms with Crippen molar-refractivity contribution in [3.05, 3.63) is 17.0 Å². The highest BCUT2D eigenvalue weighted by molar-refractivity contribution is 5.59. The largest absolute Gasteiger partial charge is 0.453 e. The lowest BCUT2D eigenvalue weighted by Crippen LogP contribution is -2.31. The van der Waals surface area contributed by atoms with E-state index in [1.54, 1.807) is 6.92 Å². The molecule has 1 unspecified atom stereocenters. The van der Waals surface area contributed by atoms with E-state index in [1.165, 1.54) is 0 Å². The van der Waals surface area contributed by atoms with E-state index in [1.807, 2.05) is 18.7 Å². The van der Waals surface area contributed by atoms with E-state index in [2.05, 4.69) is 15.3 Å². The first-order valence-electron chi connectivity index (χ1n) is 7.41. The Morgan fingerprint density at radius 3 is 2.61 bits per heavy atom. The lowest BCUT2D eigenvalue weighted by Gasteiger charge is -2.25. The molecule has 23 heavy (non-hydrogen) atoms. The Bertz CT molecular complexity index is 727. The van der Waals surface area contributed by atoms with Crippen LogP contribution in [0.3, 0.4) is 0 Å². The summed E-state index contributed by atoms with van der Waals surface area (Å²) in [5, 5.41) is 11.1. The molecule has 1 aliphatic heterocycles. The van der Waals surface area contributed by atoms with Gasteiger partial charge in [0.1, 0.15) is 0 Å². The molecule has 126 valence electrons. The number of ether oxygens (including phenoxy) is 1. The van der Waals surface area contributed by atoms with Gasteiger partial charge in [0.2, 0.25) is 0 Å². The monoisotopic (exact) mass is 329 g/mol. The molecule has 0 N–H and O–H groups in total. The fraction of sp³-hybridized carbons (Fsp3) is 0.643. The predicted octanol–water partition coefficient (Wildman–Crippen LogP) is 2.23. The first-order valence-corrected chi connectivity index (χ1v) is 7.41. The molecule has 9 heteroatoms. The molecule has 2 aromatic rings. The summed E-state index contributed by atoms with van der Waals surface area (Å²) in [6.45, 7) is 8.06. The molecule has 0 bridgehead atoms. The second kappa shape index (κ2) is 5.63. The highest BCUT2D eigenvalue weighted by Crippen LogP contribution is 2.30. The number of hydrogen-bond acceptors (Lipinski definition) is 5. The quantitative estimate of drug-likeness (QED) is 0.803. The molecule has 0 aromatic carbocycles. The Labute approximate surface area is 131 Å². The number of hydrogen-bond donors (Lipinski definition) is 0. The zero-order valence-corrected chi connectivity index (χ0v) is 13.2. The Kier molecular flexibility index (Phi) is 3.91. The van der Waals surface area contributed by atoms with Crippen molar-refractivity contribution in [2.75, 3.05) is 31.2 Å². The molecule has 1 aliphatic rings. The van der Waals surface area contributed by atoms with Crippen molar-refractivity contribution in [1.29, 1.82) is 0 Å². The molecule has 0 aliphatic carbocycles. The summed E-state index contributed by atoms with van der Waals surface area (Å²) in [6.07, 6.45) is -4.60. The first kappa shape index (κ1) is 16.0. The number of aryl methyl sites for hydroxylation is 1. The van der Waals surface area contributed by atoms with Crippen LogP contribution in [0.15, 0.2) is 0 Å². The zero-order valence-electron chi connectivity index (χ0n) is 13.2. The molecule has 0 saturated carbocycles. The Balaban J connectivity index is 2.15. The molecule has 0 spiro atoms. The maximum Gasteiger partial charge on any atom is 0.453 e. The van der Waals surface area contributed by atoms with Gasteiger partial charge in [-0.3, -0.25) is 0 Å². The third kappa shape index (κ3) is 2.85. The van der Waals surface area contributed by atoms with Crippen molar-refractivity contribution in [3.8, 4) is 0 Å². The molecule has 3 rings (SSSR count). The van der Waals surface area contributed by atoms with Crippen molar-refractivity contribution in [3.63, 3.8) is 0 Å². The van der Waals surface area contributed by atoms with Gasteiger partial charge in [-0.05, 0) is 19.8 Å². The number of nitrogens with zero attached hydrogens (tertiary/aromatic N) is 5. The van der Waals surface area contributed by atoms with Gasteiger partial charge in [-0.1, -0.05) is 6.92 Å². The number of fused-ring (bicyclic) bond motifs is 1.